The highest BCUT2D eigenvalue weighted by Crippen LogP contribution is 2.21. The van der Waals surface area contributed by atoms with Gasteiger partial charge in [-0.3, -0.25) is 0 Å². The molecule has 0 spiro atoms. The lowest BCUT2D eigenvalue weighted by atomic mass is 10.0. The van der Waals surface area contributed by atoms with Crippen molar-refractivity contribution in [3.05, 3.63) is 28.8 Å². The Balaban J connectivity index is 2.98. The van der Waals surface area contributed by atoms with Crippen LogP contribution in [0.25, 0.3) is 0 Å². The molecule has 0 saturated carbocycles. The Morgan fingerprint density at radius 1 is 1.40 bits per heavy atom. The lowest BCUT2D eigenvalue weighted by Crippen LogP contribution is -2.22. The maximum absolute atomic E-state index is 11.0. The van der Waals surface area contributed by atoms with E-state index in [9.17, 15) is 4.79 Å². The number of aliphatic hydroxyl groups is 1. The fourth-order valence-corrected chi connectivity index (χ4v) is 1.42. The van der Waals surface area contributed by atoms with E-state index in [1.807, 2.05) is 13.8 Å². The van der Waals surface area contributed by atoms with Crippen LogP contribution in [0, 0.1) is 13.8 Å². The third kappa shape index (κ3) is 2.70. The highest BCUT2D eigenvalue weighted by atomic mass is 16.5. The number of aliphatic hydroxyl groups excluding tert-OH is 1. The van der Waals surface area contributed by atoms with Gasteiger partial charge in [0, 0.05) is 7.05 Å². The zero-order valence-corrected chi connectivity index (χ0v) is 9.13. The minimum absolute atomic E-state index is 0.00206. The zero-order valence-electron chi connectivity index (χ0n) is 9.13. The molecule has 15 heavy (non-hydrogen) atoms. The van der Waals surface area contributed by atoms with Gasteiger partial charge in [0.1, 0.15) is 5.75 Å². The summed E-state index contributed by atoms with van der Waals surface area (Å²) in [5, 5.41) is 11.5. The zero-order chi connectivity index (χ0) is 11.4. The van der Waals surface area contributed by atoms with Crippen molar-refractivity contribution in [2.45, 2.75) is 20.5 Å². The van der Waals surface area contributed by atoms with E-state index < -0.39 is 6.09 Å². The van der Waals surface area contributed by atoms with Crippen LogP contribution in [0.3, 0.4) is 0 Å². The van der Waals surface area contributed by atoms with E-state index in [4.69, 9.17) is 9.84 Å². The molecule has 0 aliphatic heterocycles. The molecule has 4 heteroatoms. The largest absolute Gasteiger partial charge is 0.412 e. The quantitative estimate of drug-likeness (QED) is 0.776. The van der Waals surface area contributed by atoms with Crippen LogP contribution in [-0.2, 0) is 6.61 Å². The van der Waals surface area contributed by atoms with Crippen LogP contribution in [0.4, 0.5) is 4.79 Å². The Morgan fingerprint density at radius 2 is 1.93 bits per heavy atom. The predicted octanol–water partition coefficient (Wildman–Crippen LogP) is 1.51. The van der Waals surface area contributed by atoms with Gasteiger partial charge in [-0.2, -0.15) is 0 Å². The SMILES string of the molecule is CNC(=O)Oc1cc(C)c(CO)c(C)c1. The first-order valence-corrected chi connectivity index (χ1v) is 4.69. The molecule has 4 nitrogen and oxygen atoms in total. The van der Waals surface area contributed by atoms with Crippen LogP contribution in [0.5, 0.6) is 5.75 Å². The Kier molecular flexibility index (Phi) is 3.68. The molecule has 1 aromatic carbocycles. The van der Waals surface area contributed by atoms with Gasteiger partial charge in [-0.15, -0.1) is 0 Å². The molecule has 82 valence electrons. The van der Waals surface area contributed by atoms with Crippen molar-refractivity contribution in [2.24, 2.45) is 0 Å². The number of hydrogen-bond donors (Lipinski definition) is 2. The summed E-state index contributed by atoms with van der Waals surface area (Å²) in [6.07, 6.45) is -0.495. The topological polar surface area (TPSA) is 58.6 Å². The number of benzene rings is 1. The number of nitrogens with one attached hydrogen (secondary N) is 1. The predicted molar refractivity (Wildman–Crippen MR) is 56.9 cm³/mol. The van der Waals surface area contributed by atoms with E-state index in [1.54, 1.807) is 12.1 Å². The second-order valence-corrected chi connectivity index (χ2v) is 3.33. The molecule has 0 heterocycles. The Labute approximate surface area is 88.9 Å². The molecule has 0 saturated heterocycles. The average molecular weight is 209 g/mol. The van der Waals surface area contributed by atoms with Crippen molar-refractivity contribution in [1.82, 2.24) is 5.32 Å². The maximum Gasteiger partial charge on any atom is 0.412 e. The minimum Gasteiger partial charge on any atom is -0.410 e. The first kappa shape index (κ1) is 11.5. The van der Waals surface area contributed by atoms with E-state index in [0.29, 0.717) is 5.75 Å². The standard InChI is InChI=1S/C11H15NO3/c1-7-4-9(15-11(14)12-3)5-8(2)10(7)6-13/h4-5,13H,6H2,1-3H3,(H,12,14). The number of amides is 1. The van der Waals surface area contributed by atoms with Crippen LogP contribution in [0.15, 0.2) is 12.1 Å². The smallest absolute Gasteiger partial charge is 0.410 e. The summed E-state index contributed by atoms with van der Waals surface area (Å²) in [6, 6.07) is 3.46. The van der Waals surface area contributed by atoms with Crippen LogP contribution >= 0.6 is 0 Å². The van der Waals surface area contributed by atoms with Crippen LogP contribution in [0.2, 0.25) is 0 Å². The van der Waals surface area contributed by atoms with E-state index in [-0.39, 0.29) is 6.61 Å². The van der Waals surface area contributed by atoms with Gasteiger partial charge >= 0.3 is 6.09 Å². The van der Waals surface area contributed by atoms with Gasteiger partial charge in [0.2, 0.25) is 0 Å². The molecule has 1 aromatic rings. The fraction of sp³-hybridized carbons (Fsp3) is 0.364. The van der Waals surface area contributed by atoms with Crippen molar-refractivity contribution >= 4 is 6.09 Å². The third-order valence-electron chi connectivity index (χ3n) is 2.24. The molecule has 1 amide bonds. The Hall–Kier alpha value is -1.55. The number of carbonyl (C=O) groups excluding carboxylic acids is 1. The van der Waals surface area contributed by atoms with Gasteiger partial charge < -0.3 is 15.2 Å². The molecule has 0 atom stereocenters. The molecule has 0 aliphatic carbocycles. The molecule has 2 N–H and O–H groups in total. The number of hydrogen-bond acceptors (Lipinski definition) is 3. The van der Waals surface area contributed by atoms with Crippen LogP contribution in [-0.4, -0.2) is 18.2 Å². The summed E-state index contributed by atoms with van der Waals surface area (Å²) in [7, 11) is 1.50. The average Bonchev–Trinajstić information content (AvgIpc) is 2.17. The number of rotatable bonds is 2. The number of carbonyl (C=O) groups is 1. The first-order valence-electron chi connectivity index (χ1n) is 4.69. The summed E-state index contributed by atoms with van der Waals surface area (Å²) in [5.41, 5.74) is 2.70. The van der Waals surface area contributed by atoms with E-state index in [0.717, 1.165) is 16.7 Å². The molecule has 1 rings (SSSR count). The van der Waals surface area contributed by atoms with E-state index >= 15 is 0 Å². The first-order chi connectivity index (χ1) is 7.08. The van der Waals surface area contributed by atoms with Crippen molar-refractivity contribution < 1.29 is 14.6 Å². The summed E-state index contributed by atoms with van der Waals surface area (Å²) >= 11 is 0. The second kappa shape index (κ2) is 4.79. The summed E-state index contributed by atoms with van der Waals surface area (Å²) in [4.78, 5) is 11.0. The third-order valence-corrected chi connectivity index (χ3v) is 2.24. The van der Waals surface area contributed by atoms with Gasteiger partial charge in [0.15, 0.2) is 0 Å². The molecular formula is C11H15NO3. The molecule has 0 fully saturated rings. The van der Waals surface area contributed by atoms with Crippen LogP contribution in [0.1, 0.15) is 16.7 Å². The fourth-order valence-electron chi connectivity index (χ4n) is 1.42. The van der Waals surface area contributed by atoms with Gasteiger partial charge in [0.05, 0.1) is 6.61 Å². The van der Waals surface area contributed by atoms with Gasteiger partial charge in [0.25, 0.3) is 0 Å². The molecule has 0 aliphatic rings. The maximum atomic E-state index is 11.0. The summed E-state index contributed by atoms with van der Waals surface area (Å²) < 4.78 is 4.99. The van der Waals surface area contributed by atoms with Crippen molar-refractivity contribution in [2.75, 3.05) is 7.05 Å². The highest BCUT2D eigenvalue weighted by Gasteiger charge is 2.07. The van der Waals surface area contributed by atoms with Gasteiger partial charge in [-0.25, -0.2) is 4.79 Å². The normalized spacial score (nSPS) is 9.87. The molecule has 0 unspecified atom stereocenters. The van der Waals surface area contributed by atoms with Crippen molar-refractivity contribution in [1.29, 1.82) is 0 Å². The lowest BCUT2D eigenvalue weighted by Gasteiger charge is -2.10. The van der Waals surface area contributed by atoms with Crippen LogP contribution < -0.4 is 10.1 Å². The molecule has 0 radical (unpaired) electrons. The monoisotopic (exact) mass is 209 g/mol. The van der Waals surface area contributed by atoms with Crippen molar-refractivity contribution in [3.8, 4) is 5.75 Å². The summed E-state index contributed by atoms with van der Waals surface area (Å²) in [6.45, 7) is 3.74. The van der Waals surface area contributed by atoms with Crippen molar-refractivity contribution in [3.63, 3.8) is 0 Å². The molecule has 0 aromatic heterocycles. The lowest BCUT2D eigenvalue weighted by molar-refractivity contribution is 0.203. The van der Waals surface area contributed by atoms with Gasteiger partial charge in [-0.05, 0) is 42.7 Å². The Bertz CT molecular complexity index is 351. The summed E-state index contributed by atoms with van der Waals surface area (Å²) in [5.74, 6) is 0.488. The minimum atomic E-state index is -0.495. The Morgan fingerprint density at radius 3 is 2.33 bits per heavy atom. The number of aryl methyl sites for hydroxylation is 2. The van der Waals surface area contributed by atoms with E-state index in [2.05, 4.69) is 5.32 Å². The second-order valence-electron chi connectivity index (χ2n) is 3.33. The molecular weight excluding hydrogens is 194 g/mol. The van der Waals surface area contributed by atoms with E-state index in [1.165, 1.54) is 7.05 Å². The molecule has 0 bridgehead atoms. The van der Waals surface area contributed by atoms with Gasteiger partial charge in [-0.1, -0.05) is 0 Å². The highest BCUT2D eigenvalue weighted by molar-refractivity contribution is 5.70. The number of ether oxygens (including phenoxy) is 1.